The lowest BCUT2D eigenvalue weighted by Gasteiger charge is -2.19. The van der Waals surface area contributed by atoms with Crippen molar-refractivity contribution < 1.29 is 38.1 Å². The summed E-state index contributed by atoms with van der Waals surface area (Å²) in [5.74, 6) is 0.357. The van der Waals surface area contributed by atoms with Crippen LogP contribution in [0, 0.1) is 0 Å². The van der Waals surface area contributed by atoms with E-state index in [2.05, 4.69) is 31.2 Å². The zero-order valence-electron chi connectivity index (χ0n) is 31.4. The van der Waals surface area contributed by atoms with Gasteiger partial charge in [0.2, 0.25) is 0 Å². The van der Waals surface area contributed by atoms with Crippen molar-refractivity contribution in [3.63, 3.8) is 0 Å². The molecule has 4 amide bonds. The standard InChI is InChI=1S/C40H48N6O8/c1-39(2,3)53-37(49)41-17-15-25-21-43-33-13-11-29(19-31(25)33)51-23-35(47)45-27-7-9-28(10-8-27)46-36(48)24-52-30-12-14-34-32(20-30)26(22-44-34)16-18-42-38(50)54-40(4,5)6/h7-14,19-22,43-44H,15-18,23-24H2,1-6H3,(H,41,49)(H,42,50)(H,45,47)(H,46,48). The fraction of sp³-hybridized carbons (Fsp3) is 0.350. The Kier molecular flexibility index (Phi) is 12.4. The predicted octanol–water partition coefficient (Wildman–Crippen LogP) is 6.82. The summed E-state index contributed by atoms with van der Waals surface area (Å²) in [7, 11) is 0. The summed E-state index contributed by atoms with van der Waals surface area (Å²) in [6.07, 6.45) is 3.99. The first kappa shape index (κ1) is 39.0. The lowest BCUT2D eigenvalue weighted by molar-refractivity contribution is -0.118. The van der Waals surface area contributed by atoms with E-state index >= 15 is 0 Å². The third-order valence-corrected chi connectivity index (χ3v) is 7.80. The van der Waals surface area contributed by atoms with Crippen molar-refractivity contribution in [2.45, 2.75) is 65.6 Å². The van der Waals surface area contributed by atoms with Crippen LogP contribution < -0.4 is 30.7 Å². The average molecular weight is 741 g/mol. The van der Waals surface area contributed by atoms with Crippen molar-refractivity contribution in [3.05, 3.63) is 84.2 Å². The van der Waals surface area contributed by atoms with E-state index in [1.54, 1.807) is 36.4 Å². The fourth-order valence-corrected chi connectivity index (χ4v) is 5.46. The van der Waals surface area contributed by atoms with Gasteiger partial charge >= 0.3 is 12.2 Å². The Morgan fingerprint density at radius 1 is 0.574 bits per heavy atom. The van der Waals surface area contributed by atoms with Crippen LogP contribution in [0.4, 0.5) is 21.0 Å². The van der Waals surface area contributed by atoms with E-state index in [0.29, 0.717) is 48.8 Å². The van der Waals surface area contributed by atoms with E-state index in [9.17, 15) is 19.2 Å². The van der Waals surface area contributed by atoms with Crippen LogP contribution in [0.15, 0.2) is 73.1 Å². The van der Waals surface area contributed by atoms with Gasteiger partial charge in [-0.3, -0.25) is 9.59 Å². The molecule has 14 heteroatoms. The molecule has 0 bridgehead atoms. The Balaban J connectivity index is 1.04. The number of hydrogen-bond donors (Lipinski definition) is 6. The highest BCUT2D eigenvalue weighted by molar-refractivity contribution is 5.94. The Bertz CT molecular complexity index is 1940. The zero-order chi connectivity index (χ0) is 38.9. The molecule has 0 saturated carbocycles. The van der Waals surface area contributed by atoms with E-state index < -0.39 is 23.4 Å². The molecule has 0 aliphatic rings. The van der Waals surface area contributed by atoms with Crippen LogP contribution in [0.25, 0.3) is 21.8 Å². The summed E-state index contributed by atoms with van der Waals surface area (Å²) in [6, 6.07) is 17.7. The number of alkyl carbamates (subject to hydrolysis) is 2. The molecule has 0 fully saturated rings. The number of anilines is 2. The van der Waals surface area contributed by atoms with E-state index in [1.165, 1.54) is 0 Å². The molecule has 0 spiro atoms. The number of rotatable bonds is 14. The number of benzene rings is 3. The topological polar surface area (TPSA) is 185 Å². The molecule has 2 aromatic heterocycles. The third-order valence-electron chi connectivity index (χ3n) is 7.80. The fourth-order valence-electron chi connectivity index (χ4n) is 5.46. The highest BCUT2D eigenvalue weighted by Gasteiger charge is 2.17. The van der Waals surface area contributed by atoms with Crippen LogP contribution >= 0.6 is 0 Å². The molecule has 6 N–H and O–H groups in total. The Morgan fingerprint density at radius 3 is 1.33 bits per heavy atom. The van der Waals surface area contributed by atoms with Gasteiger partial charge in [-0.25, -0.2) is 9.59 Å². The van der Waals surface area contributed by atoms with Gasteiger partial charge < -0.3 is 50.2 Å². The van der Waals surface area contributed by atoms with Gasteiger partial charge in [0.25, 0.3) is 11.8 Å². The first-order valence-electron chi connectivity index (χ1n) is 17.7. The van der Waals surface area contributed by atoms with Crippen molar-refractivity contribution in [2.24, 2.45) is 0 Å². The number of nitrogens with one attached hydrogen (secondary N) is 6. The van der Waals surface area contributed by atoms with E-state index in [1.807, 2.05) is 78.2 Å². The van der Waals surface area contributed by atoms with E-state index in [0.717, 1.165) is 32.9 Å². The Labute approximate surface area is 313 Å². The minimum atomic E-state index is -0.568. The molecule has 0 aliphatic heterocycles. The summed E-state index contributed by atoms with van der Waals surface area (Å²) in [6.45, 7) is 11.3. The molecule has 0 radical (unpaired) electrons. The molecule has 0 saturated heterocycles. The number of aromatic nitrogens is 2. The number of fused-ring (bicyclic) bond motifs is 2. The van der Waals surface area contributed by atoms with Crippen LogP contribution in [-0.2, 0) is 31.9 Å². The summed E-state index contributed by atoms with van der Waals surface area (Å²) >= 11 is 0. The molecule has 0 atom stereocenters. The van der Waals surface area contributed by atoms with Crippen molar-refractivity contribution in [3.8, 4) is 11.5 Å². The third kappa shape index (κ3) is 11.9. The number of carbonyl (C=O) groups is 4. The first-order chi connectivity index (χ1) is 25.6. The number of aromatic amines is 2. The van der Waals surface area contributed by atoms with Gasteiger partial charge in [0.05, 0.1) is 0 Å². The second kappa shape index (κ2) is 17.1. The average Bonchev–Trinajstić information content (AvgIpc) is 3.69. The minimum Gasteiger partial charge on any atom is -0.484 e. The maximum atomic E-state index is 12.7. The molecule has 5 aromatic rings. The molecule has 5 rings (SSSR count). The second-order valence-corrected chi connectivity index (χ2v) is 14.7. The van der Waals surface area contributed by atoms with Crippen molar-refractivity contribution in [1.82, 2.24) is 20.6 Å². The molecule has 3 aromatic carbocycles. The van der Waals surface area contributed by atoms with Crippen LogP contribution in [0.3, 0.4) is 0 Å². The van der Waals surface area contributed by atoms with Crippen molar-refractivity contribution in [2.75, 3.05) is 36.9 Å². The molecule has 14 nitrogen and oxygen atoms in total. The predicted molar refractivity (Wildman–Crippen MR) is 207 cm³/mol. The van der Waals surface area contributed by atoms with Crippen molar-refractivity contribution >= 4 is 57.2 Å². The Hall–Kier alpha value is -6.18. The Morgan fingerprint density at radius 2 is 0.963 bits per heavy atom. The van der Waals surface area contributed by atoms with Gasteiger partial charge in [0.15, 0.2) is 13.2 Å². The molecule has 0 unspecified atom stereocenters. The van der Waals surface area contributed by atoms with Crippen LogP contribution in [0.5, 0.6) is 11.5 Å². The van der Waals surface area contributed by atoms with Gasteiger partial charge in [0, 0.05) is 58.7 Å². The van der Waals surface area contributed by atoms with Gasteiger partial charge in [-0.2, -0.15) is 0 Å². The molecule has 2 heterocycles. The minimum absolute atomic E-state index is 0.208. The molecule has 54 heavy (non-hydrogen) atoms. The van der Waals surface area contributed by atoms with Crippen molar-refractivity contribution in [1.29, 1.82) is 0 Å². The largest absolute Gasteiger partial charge is 0.484 e. The number of hydrogen-bond acceptors (Lipinski definition) is 8. The summed E-state index contributed by atoms with van der Waals surface area (Å²) in [5.41, 5.74) is 3.74. The molecule has 0 aliphatic carbocycles. The van der Waals surface area contributed by atoms with E-state index in [-0.39, 0.29) is 25.0 Å². The maximum absolute atomic E-state index is 12.7. The van der Waals surface area contributed by atoms with Crippen LogP contribution in [-0.4, -0.2) is 71.5 Å². The quantitative estimate of drug-likeness (QED) is 0.0716. The normalized spacial score (nSPS) is 11.5. The number of carbonyl (C=O) groups excluding carboxylic acids is 4. The van der Waals surface area contributed by atoms with Gasteiger partial charge in [-0.05, 0) is 126 Å². The monoisotopic (exact) mass is 740 g/mol. The van der Waals surface area contributed by atoms with Gasteiger partial charge in [-0.1, -0.05) is 0 Å². The highest BCUT2D eigenvalue weighted by Crippen LogP contribution is 2.26. The van der Waals surface area contributed by atoms with Crippen LogP contribution in [0.2, 0.25) is 0 Å². The van der Waals surface area contributed by atoms with Gasteiger partial charge in [0.1, 0.15) is 22.7 Å². The number of ether oxygens (including phenoxy) is 4. The lowest BCUT2D eigenvalue weighted by Crippen LogP contribution is -2.33. The summed E-state index contributed by atoms with van der Waals surface area (Å²) in [5, 5.41) is 13.0. The van der Waals surface area contributed by atoms with Crippen LogP contribution in [0.1, 0.15) is 52.7 Å². The molecular weight excluding hydrogens is 692 g/mol. The first-order valence-corrected chi connectivity index (χ1v) is 17.7. The number of H-pyrrole nitrogens is 2. The maximum Gasteiger partial charge on any atom is 0.407 e. The molecule has 286 valence electrons. The summed E-state index contributed by atoms with van der Waals surface area (Å²) in [4.78, 5) is 55.7. The molecular formula is C40H48N6O8. The smallest absolute Gasteiger partial charge is 0.407 e. The highest BCUT2D eigenvalue weighted by atomic mass is 16.6. The second-order valence-electron chi connectivity index (χ2n) is 14.7. The number of amides is 4. The van der Waals surface area contributed by atoms with Gasteiger partial charge in [-0.15, -0.1) is 0 Å². The van der Waals surface area contributed by atoms with E-state index in [4.69, 9.17) is 18.9 Å². The SMILES string of the molecule is CC(C)(C)OC(=O)NCCc1c[nH]c2ccc(OCC(=O)Nc3ccc(NC(=O)COc4ccc5[nH]cc(CCNC(=O)OC(C)(C)C)c5c4)cc3)cc12. The summed E-state index contributed by atoms with van der Waals surface area (Å²) < 4.78 is 22.1. The zero-order valence-corrected chi connectivity index (χ0v) is 31.4. The lowest BCUT2D eigenvalue weighted by atomic mass is 10.1.